The Bertz CT molecular complexity index is 3200. The summed E-state index contributed by atoms with van der Waals surface area (Å²) >= 11 is 9.06. The molecule has 18 heteroatoms. The number of rotatable bonds is 12. The van der Waals surface area contributed by atoms with Gasteiger partial charge >= 0.3 is 0 Å². The first-order chi connectivity index (χ1) is 39.7. The average molecular weight is 1180 g/mol. The third-order valence-corrected chi connectivity index (χ3v) is 21.6. The quantitative estimate of drug-likeness (QED) is 0.114. The summed E-state index contributed by atoms with van der Waals surface area (Å²) in [5.74, 6) is 0. The molecule has 6 aromatic carbocycles. The largest absolute Gasteiger partial charge is 0.234 e. The summed E-state index contributed by atoms with van der Waals surface area (Å²) in [6.07, 6.45) is 12.4. The molecule has 0 amide bonds. The van der Waals surface area contributed by atoms with Gasteiger partial charge in [-0.05, 0) is 249 Å². The summed E-state index contributed by atoms with van der Waals surface area (Å²) in [5.41, 5.74) is 15.3. The summed E-state index contributed by atoms with van der Waals surface area (Å²) in [5, 5.41) is 58.8. The Morgan fingerprint density at radius 1 is 0.235 bits per heavy atom. The molecule has 12 nitrogen and oxygen atoms in total. The lowest BCUT2D eigenvalue weighted by Crippen LogP contribution is -2.25. The van der Waals surface area contributed by atoms with E-state index in [9.17, 15) is 0 Å². The molecule has 0 saturated heterocycles. The minimum absolute atomic E-state index is 0.157. The van der Waals surface area contributed by atoms with Crippen LogP contribution in [0.25, 0.3) is 33.4 Å². The van der Waals surface area contributed by atoms with Crippen LogP contribution in [0.1, 0.15) is 152 Å². The van der Waals surface area contributed by atoms with Gasteiger partial charge in [0.15, 0.2) is 0 Å². The summed E-state index contributed by atoms with van der Waals surface area (Å²) in [6.45, 7) is 13.8. The second kappa shape index (κ2) is 22.8. The van der Waals surface area contributed by atoms with Crippen molar-refractivity contribution in [2.24, 2.45) is 0 Å². The van der Waals surface area contributed by atoms with Crippen LogP contribution in [0.5, 0.6) is 0 Å². The van der Waals surface area contributed by atoms with Crippen LogP contribution in [0.15, 0.2) is 170 Å². The van der Waals surface area contributed by atoms with Crippen molar-refractivity contribution in [3.05, 3.63) is 143 Å². The zero-order chi connectivity index (χ0) is 55.3. The first kappa shape index (κ1) is 54.5. The molecule has 0 N–H and O–H groups in total. The molecule has 16 rings (SSSR count). The van der Waals surface area contributed by atoms with Crippen LogP contribution < -0.4 is 0 Å². The predicted octanol–water partition coefficient (Wildman–Crippen LogP) is 17.2. The number of hydrogen-bond acceptors (Lipinski definition) is 18. The van der Waals surface area contributed by atoms with Crippen molar-refractivity contribution in [2.75, 3.05) is 0 Å². The molecule has 3 aliphatic carbocycles. The molecule has 7 heterocycles. The minimum Gasteiger partial charge on any atom is -0.118 e. The monoisotopic (exact) mass is 1180 g/mol. The number of hydrogen-bond donors (Lipinski definition) is 0. The minimum atomic E-state index is -0.157. The van der Waals surface area contributed by atoms with Gasteiger partial charge in [-0.1, -0.05) is 116 Å². The molecule has 0 atom stereocenters. The Morgan fingerprint density at radius 3 is 0.519 bits per heavy atom. The number of nitrogens with zero attached hydrogens (tertiary/aromatic N) is 12. The average Bonchev–Trinajstić information content (AvgIpc) is 4.23. The highest BCUT2D eigenvalue weighted by atomic mass is 32.2. The summed E-state index contributed by atoms with van der Waals surface area (Å²) < 4.78 is 0. The molecule has 3 aromatic heterocycles. The first-order valence-electron chi connectivity index (χ1n) is 28.4. The molecule has 4 aliphatic heterocycles. The smallest absolute Gasteiger partial charge is 0.118 e. The lowest BCUT2D eigenvalue weighted by atomic mass is 9.71. The van der Waals surface area contributed by atoms with Crippen molar-refractivity contribution in [1.82, 2.24) is 61.2 Å². The molecule has 9 aromatic rings. The Kier molecular flexibility index (Phi) is 15.3. The summed E-state index contributed by atoms with van der Waals surface area (Å²) in [6, 6.07) is 40.9. The van der Waals surface area contributed by atoms with E-state index in [4.69, 9.17) is 0 Å². The van der Waals surface area contributed by atoms with Gasteiger partial charge in [0, 0.05) is 45.6 Å². The van der Waals surface area contributed by atoms with Crippen molar-refractivity contribution in [3.8, 4) is 33.4 Å². The van der Waals surface area contributed by atoms with E-state index in [1.54, 1.807) is 0 Å². The fourth-order valence-electron chi connectivity index (χ4n) is 13.8. The Labute approximate surface area is 499 Å². The van der Waals surface area contributed by atoms with Crippen LogP contribution in [0.3, 0.4) is 0 Å². The van der Waals surface area contributed by atoms with Crippen LogP contribution in [-0.2, 0) is 16.2 Å². The maximum absolute atomic E-state index is 4.64. The second-order valence-electron chi connectivity index (χ2n) is 21.5. The van der Waals surface area contributed by atoms with E-state index in [1.807, 2.05) is 0 Å². The fraction of sp³-hybridized carbons (Fsp3) is 0.333. The van der Waals surface area contributed by atoms with Gasteiger partial charge in [0.05, 0.1) is 0 Å². The topological polar surface area (TPSA) is 155 Å². The highest BCUT2D eigenvalue weighted by molar-refractivity contribution is 8.00. The molecule has 0 unspecified atom stereocenters. The summed E-state index contributed by atoms with van der Waals surface area (Å²) in [7, 11) is 0. The van der Waals surface area contributed by atoms with E-state index < -0.39 is 0 Å². The van der Waals surface area contributed by atoms with E-state index >= 15 is 0 Å². The maximum atomic E-state index is 4.64. The zero-order valence-electron chi connectivity index (χ0n) is 46.2. The van der Waals surface area contributed by atoms with Gasteiger partial charge in [0.2, 0.25) is 30.9 Å². The molecule has 0 saturated carbocycles. The van der Waals surface area contributed by atoms with Gasteiger partial charge in [0.25, 0.3) is 0 Å². The van der Waals surface area contributed by atoms with E-state index in [0.29, 0.717) is 30.9 Å². The molecule has 0 fully saturated rings. The first-order valence-corrected chi connectivity index (χ1v) is 33.3. The van der Waals surface area contributed by atoms with Crippen molar-refractivity contribution in [1.29, 1.82) is 0 Å². The number of aromatic nitrogens is 12. The van der Waals surface area contributed by atoms with E-state index in [-0.39, 0.29) is 16.2 Å². The van der Waals surface area contributed by atoms with Crippen molar-refractivity contribution in [3.63, 3.8) is 0 Å². The zero-order valence-corrected chi connectivity index (χ0v) is 51.1. The number of fused-ring (bicyclic) bond motifs is 6. The molecule has 0 radical (unpaired) electrons. The molecular formula is C63H60N12S6. The van der Waals surface area contributed by atoms with Crippen molar-refractivity contribution in [2.45, 2.75) is 195 Å². The third kappa shape index (κ3) is 9.86. The molecule has 18 bridgehead atoms. The Hall–Kier alpha value is -5.76. The van der Waals surface area contributed by atoms with Gasteiger partial charge in [-0.25, -0.2) is 0 Å². The maximum Gasteiger partial charge on any atom is 0.234 e. The normalized spacial score (nSPS) is 15.6. The SMILES string of the molecule is CCCC1(CCC)c2cc3ccc2-c2ccc(cc21)Sc1nnc(nn1)Sc1ccc2c(c1)C(CCC)(CCC)c1cc(ccc1-2)Sc1nnc(nn1)Sc1ccc2c(c1)C(CCC)(CCC)c1cc(ccc1-2)Sc1nnc(nn1)S3. The van der Waals surface area contributed by atoms with Crippen LogP contribution in [-0.4, -0.2) is 61.2 Å². The number of benzene rings is 6. The van der Waals surface area contributed by atoms with Crippen LogP contribution in [0, 0.1) is 0 Å². The van der Waals surface area contributed by atoms with Crippen LogP contribution in [0.4, 0.5) is 0 Å². The fourth-order valence-corrected chi connectivity index (χ4v) is 17.9. The lowest BCUT2D eigenvalue weighted by molar-refractivity contribution is 0.434. The second-order valence-corrected chi connectivity index (χ2v) is 27.7. The molecule has 0 spiro atoms. The molecular weight excluding hydrogens is 1120 g/mol. The highest BCUT2D eigenvalue weighted by Crippen LogP contribution is 2.59. The van der Waals surface area contributed by atoms with Gasteiger partial charge in [-0.2, -0.15) is 0 Å². The standard InChI is InChI=1S/C63H60N12S6/c1-7-25-61(26-8-2)49-31-37-13-19-43(49)44-20-14-38(32-50(44)61)77-56-66-70-58(71-67-56)79-40-16-22-46-48-24-18-42(36-54(48)63(29-11-5,30-12-6)52(46)34-40)81-60-74-72-59(73-75-60)80-41-17-23-47-45-21-15-39(78-57-68-64-55(76-37)65-69-57)33-51(45)62(27-9-3,28-10-4)53(47)35-41/h13-24,31-36H,7-12,25-30H2,1-6H3. The van der Waals surface area contributed by atoms with Gasteiger partial charge in [-0.3, -0.25) is 0 Å². The predicted molar refractivity (Wildman–Crippen MR) is 325 cm³/mol. The molecule has 7 aliphatic rings. The molecule has 81 heavy (non-hydrogen) atoms. The van der Waals surface area contributed by atoms with E-state index in [2.05, 4.69) is 212 Å². The summed E-state index contributed by atoms with van der Waals surface area (Å²) in [4.78, 5) is 6.39. The van der Waals surface area contributed by atoms with E-state index in [0.717, 1.165) is 106 Å². The highest BCUT2D eigenvalue weighted by Gasteiger charge is 2.45. The van der Waals surface area contributed by atoms with Crippen LogP contribution in [0.2, 0.25) is 0 Å². The van der Waals surface area contributed by atoms with Gasteiger partial charge in [0.1, 0.15) is 0 Å². The Balaban J connectivity index is 0.874. The third-order valence-electron chi connectivity index (χ3n) is 16.6. The van der Waals surface area contributed by atoms with Crippen LogP contribution >= 0.6 is 70.6 Å². The Morgan fingerprint density at radius 2 is 0.383 bits per heavy atom. The molecule has 408 valence electrons. The van der Waals surface area contributed by atoms with Gasteiger partial charge < -0.3 is 0 Å². The van der Waals surface area contributed by atoms with Gasteiger partial charge in [-0.15, -0.1) is 61.2 Å². The van der Waals surface area contributed by atoms with Crippen molar-refractivity contribution < 1.29 is 0 Å². The lowest BCUT2D eigenvalue weighted by Gasteiger charge is -2.32. The van der Waals surface area contributed by atoms with Crippen molar-refractivity contribution >= 4 is 70.6 Å². The van der Waals surface area contributed by atoms with E-state index in [1.165, 1.54) is 137 Å².